The maximum Gasteiger partial charge on any atom is 0.339 e. The number of hydrogen-bond donors (Lipinski definition) is 2. The number of nitrogens with one attached hydrogen (secondary N) is 1. The van der Waals surface area contributed by atoms with Gasteiger partial charge >= 0.3 is 5.97 Å². The van der Waals surface area contributed by atoms with E-state index in [0.717, 1.165) is 19.4 Å². The van der Waals surface area contributed by atoms with Crippen molar-refractivity contribution in [2.75, 3.05) is 18.9 Å². The van der Waals surface area contributed by atoms with Crippen LogP contribution in [0.4, 0.5) is 5.69 Å². The molecule has 2 N–H and O–H groups in total. The Bertz CT molecular complexity index is 436. The van der Waals surface area contributed by atoms with E-state index < -0.39 is 5.97 Å². The summed E-state index contributed by atoms with van der Waals surface area (Å²) in [7, 11) is 2.12. The van der Waals surface area contributed by atoms with Crippen LogP contribution in [0.2, 0.25) is 0 Å². The third kappa shape index (κ3) is 2.79. The summed E-state index contributed by atoms with van der Waals surface area (Å²) in [5.41, 5.74) is 0.906. The molecule has 2 heterocycles. The van der Waals surface area contributed by atoms with E-state index in [1.165, 1.54) is 6.20 Å². The van der Waals surface area contributed by atoms with Crippen molar-refractivity contribution >= 4 is 11.7 Å². The minimum absolute atomic E-state index is 0.240. The number of rotatable bonds is 3. The number of aromatic carboxylic acids is 1. The standard InChI is InChI=1S/C13H19N3O2/c1-9-7-10(4-6-16(9)2)15-12-3-5-14-8-11(12)13(17)18/h3,5,8-10H,4,6-7H2,1-2H3,(H,14,15)(H,17,18). The molecule has 2 unspecified atom stereocenters. The number of pyridine rings is 1. The molecular formula is C13H19N3O2. The number of carboxylic acids is 1. The van der Waals surface area contributed by atoms with Crippen LogP contribution < -0.4 is 5.32 Å². The number of piperidine rings is 1. The van der Waals surface area contributed by atoms with Crippen molar-refractivity contribution in [3.63, 3.8) is 0 Å². The van der Waals surface area contributed by atoms with Gasteiger partial charge in [0.1, 0.15) is 5.56 Å². The topological polar surface area (TPSA) is 65.5 Å². The first kappa shape index (κ1) is 12.8. The first-order valence-electron chi connectivity index (χ1n) is 6.22. The number of likely N-dealkylation sites (tertiary alicyclic amines) is 1. The van der Waals surface area contributed by atoms with Crippen LogP contribution in [0.15, 0.2) is 18.5 Å². The molecule has 0 amide bonds. The quantitative estimate of drug-likeness (QED) is 0.853. The van der Waals surface area contributed by atoms with Crippen molar-refractivity contribution < 1.29 is 9.90 Å². The molecule has 1 aromatic rings. The summed E-state index contributed by atoms with van der Waals surface area (Å²) in [6.45, 7) is 3.23. The molecule has 1 aliphatic heterocycles. The molecule has 1 aromatic heterocycles. The van der Waals surface area contributed by atoms with Gasteiger partial charge in [-0.25, -0.2) is 4.79 Å². The highest BCUT2D eigenvalue weighted by atomic mass is 16.4. The van der Waals surface area contributed by atoms with Crippen molar-refractivity contribution in [1.29, 1.82) is 0 Å². The van der Waals surface area contributed by atoms with Crippen molar-refractivity contribution in [2.24, 2.45) is 0 Å². The number of hydrogen-bond acceptors (Lipinski definition) is 4. The van der Waals surface area contributed by atoms with Crippen LogP contribution in [0.25, 0.3) is 0 Å². The largest absolute Gasteiger partial charge is 0.478 e. The molecule has 98 valence electrons. The minimum atomic E-state index is -0.938. The van der Waals surface area contributed by atoms with Gasteiger partial charge in [-0.3, -0.25) is 4.98 Å². The number of nitrogens with zero attached hydrogens (tertiary/aromatic N) is 2. The zero-order valence-corrected chi connectivity index (χ0v) is 10.8. The van der Waals surface area contributed by atoms with Crippen LogP contribution in [-0.2, 0) is 0 Å². The Labute approximate surface area is 107 Å². The van der Waals surface area contributed by atoms with E-state index in [2.05, 4.69) is 29.2 Å². The monoisotopic (exact) mass is 249 g/mol. The van der Waals surface area contributed by atoms with Gasteiger partial charge in [-0.1, -0.05) is 0 Å². The van der Waals surface area contributed by atoms with E-state index in [0.29, 0.717) is 17.8 Å². The lowest BCUT2D eigenvalue weighted by atomic mass is 9.98. The Morgan fingerprint density at radius 2 is 2.39 bits per heavy atom. The van der Waals surface area contributed by atoms with Gasteiger partial charge in [-0.15, -0.1) is 0 Å². The number of carboxylic acid groups (broad SMARTS) is 1. The number of aromatic nitrogens is 1. The molecule has 0 spiro atoms. The average molecular weight is 249 g/mol. The SMILES string of the molecule is CC1CC(Nc2ccncc2C(=O)O)CCN1C. The zero-order chi connectivity index (χ0) is 13.1. The first-order chi connectivity index (χ1) is 8.58. The molecule has 0 aromatic carbocycles. The lowest BCUT2D eigenvalue weighted by Gasteiger charge is -2.35. The molecule has 5 heteroatoms. The van der Waals surface area contributed by atoms with E-state index in [1.807, 2.05) is 0 Å². The van der Waals surface area contributed by atoms with Crippen molar-refractivity contribution in [2.45, 2.75) is 31.8 Å². The molecule has 1 saturated heterocycles. The second-order valence-corrected chi connectivity index (χ2v) is 4.92. The third-order valence-electron chi connectivity index (χ3n) is 3.62. The molecule has 18 heavy (non-hydrogen) atoms. The lowest BCUT2D eigenvalue weighted by molar-refractivity contribution is 0.0697. The molecule has 0 radical (unpaired) electrons. The Hall–Kier alpha value is -1.62. The Kier molecular flexibility index (Phi) is 3.81. The second kappa shape index (κ2) is 5.35. The van der Waals surface area contributed by atoms with Gasteiger partial charge in [-0.2, -0.15) is 0 Å². The molecule has 2 atom stereocenters. The Morgan fingerprint density at radius 1 is 1.61 bits per heavy atom. The fourth-order valence-corrected chi connectivity index (χ4v) is 2.33. The lowest BCUT2D eigenvalue weighted by Crippen LogP contribution is -2.42. The zero-order valence-electron chi connectivity index (χ0n) is 10.8. The highest BCUT2D eigenvalue weighted by Crippen LogP contribution is 2.21. The van der Waals surface area contributed by atoms with Gasteiger partial charge in [0, 0.05) is 31.0 Å². The van der Waals surface area contributed by atoms with Gasteiger partial charge in [0.25, 0.3) is 0 Å². The van der Waals surface area contributed by atoms with Gasteiger partial charge in [0.15, 0.2) is 0 Å². The van der Waals surface area contributed by atoms with Crippen LogP contribution in [0.1, 0.15) is 30.1 Å². The fourth-order valence-electron chi connectivity index (χ4n) is 2.33. The summed E-state index contributed by atoms with van der Waals surface area (Å²) < 4.78 is 0. The van der Waals surface area contributed by atoms with Crippen LogP contribution in [0.3, 0.4) is 0 Å². The maximum atomic E-state index is 11.1. The van der Waals surface area contributed by atoms with E-state index >= 15 is 0 Å². The Balaban J connectivity index is 2.08. The summed E-state index contributed by atoms with van der Waals surface area (Å²) in [6, 6.07) is 2.58. The molecule has 0 aliphatic carbocycles. The predicted molar refractivity (Wildman–Crippen MR) is 69.9 cm³/mol. The summed E-state index contributed by atoms with van der Waals surface area (Å²) in [6.07, 6.45) is 5.07. The van der Waals surface area contributed by atoms with Gasteiger partial charge in [0.2, 0.25) is 0 Å². The van der Waals surface area contributed by atoms with E-state index in [9.17, 15) is 4.79 Å². The molecule has 0 bridgehead atoms. The fraction of sp³-hybridized carbons (Fsp3) is 0.538. The average Bonchev–Trinajstić information content (AvgIpc) is 2.34. The number of anilines is 1. The van der Waals surface area contributed by atoms with E-state index in [4.69, 9.17) is 5.11 Å². The van der Waals surface area contributed by atoms with Crippen molar-refractivity contribution in [1.82, 2.24) is 9.88 Å². The normalized spacial score (nSPS) is 24.8. The summed E-state index contributed by atoms with van der Waals surface area (Å²) >= 11 is 0. The Morgan fingerprint density at radius 3 is 3.06 bits per heavy atom. The third-order valence-corrected chi connectivity index (χ3v) is 3.62. The molecule has 0 saturated carbocycles. The minimum Gasteiger partial charge on any atom is -0.478 e. The highest BCUT2D eigenvalue weighted by molar-refractivity contribution is 5.93. The van der Waals surface area contributed by atoms with E-state index in [1.54, 1.807) is 12.3 Å². The van der Waals surface area contributed by atoms with E-state index in [-0.39, 0.29) is 5.56 Å². The second-order valence-electron chi connectivity index (χ2n) is 4.92. The number of carbonyl (C=O) groups is 1. The van der Waals surface area contributed by atoms with Crippen molar-refractivity contribution in [3.05, 3.63) is 24.0 Å². The van der Waals surface area contributed by atoms with Gasteiger partial charge in [0.05, 0.1) is 5.69 Å². The van der Waals surface area contributed by atoms with Gasteiger partial charge in [-0.05, 0) is 32.9 Å². The highest BCUT2D eigenvalue weighted by Gasteiger charge is 2.23. The van der Waals surface area contributed by atoms with Crippen LogP contribution >= 0.6 is 0 Å². The smallest absolute Gasteiger partial charge is 0.339 e. The molecule has 1 fully saturated rings. The first-order valence-corrected chi connectivity index (χ1v) is 6.22. The molecular weight excluding hydrogens is 230 g/mol. The van der Waals surface area contributed by atoms with Crippen LogP contribution in [-0.4, -0.2) is 46.6 Å². The predicted octanol–water partition coefficient (Wildman–Crippen LogP) is 1.67. The van der Waals surface area contributed by atoms with Crippen molar-refractivity contribution in [3.8, 4) is 0 Å². The van der Waals surface area contributed by atoms with Crippen LogP contribution in [0.5, 0.6) is 0 Å². The molecule has 2 rings (SSSR count). The maximum absolute atomic E-state index is 11.1. The van der Waals surface area contributed by atoms with Gasteiger partial charge < -0.3 is 15.3 Å². The summed E-state index contributed by atoms with van der Waals surface area (Å²) in [5, 5.41) is 12.4. The summed E-state index contributed by atoms with van der Waals surface area (Å²) in [5.74, 6) is -0.938. The summed E-state index contributed by atoms with van der Waals surface area (Å²) in [4.78, 5) is 17.3. The van der Waals surface area contributed by atoms with Crippen LogP contribution in [0, 0.1) is 0 Å². The molecule has 5 nitrogen and oxygen atoms in total. The molecule has 1 aliphatic rings.